The van der Waals surface area contributed by atoms with E-state index in [9.17, 15) is 17.6 Å². The molecule has 26 heavy (non-hydrogen) atoms. The van der Waals surface area contributed by atoms with Gasteiger partial charge in [0.15, 0.2) is 23.7 Å². The standard InChI is InChI=1S/C20H20F4O2/c1-2-12-10-25-19(26-11-12)6-4-13-3-5-15(16(21)7-13)14-8-17(22)20(24)18(23)9-14/h3,5,7-9,12,19H,2,4,6,10-11H2,1H3. The van der Waals surface area contributed by atoms with Gasteiger partial charge in [0.1, 0.15) is 5.82 Å². The van der Waals surface area contributed by atoms with Crippen LogP contribution in [0, 0.1) is 29.2 Å². The Morgan fingerprint density at radius 2 is 1.58 bits per heavy atom. The van der Waals surface area contributed by atoms with Gasteiger partial charge in [-0.2, -0.15) is 0 Å². The zero-order valence-electron chi connectivity index (χ0n) is 14.4. The van der Waals surface area contributed by atoms with Gasteiger partial charge in [-0.25, -0.2) is 17.6 Å². The molecule has 0 radical (unpaired) electrons. The minimum atomic E-state index is -1.57. The van der Waals surface area contributed by atoms with Crippen molar-refractivity contribution in [3.05, 3.63) is 59.2 Å². The molecule has 1 aliphatic rings. The van der Waals surface area contributed by atoms with Crippen molar-refractivity contribution in [1.82, 2.24) is 0 Å². The summed E-state index contributed by atoms with van der Waals surface area (Å²) in [5, 5.41) is 0. The quantitative estimate of drug-likeness (QED) is 0.531. The molecule has 0 spiro atoms. The molecule has 1 fully saturated rings. The predicted molar refractivity (Wildman–Crippen MR) is 89.5 cm³/mol. The van der Waals surface area contributed by atoms with Crippen molar-refractivity contribution >= 4 is 0 Å². The number of ether oxygens (including phenoxy) is 2. The first-order valence-electron chi connectivity index (χ1n) is 8.64. The minimum absolute atomic E-state index is 0.0162. The van der Waals surface area contributed by atoms with E-state index in [0.717, 1.165) is 24.1 Å². The summed E-state index contributed by atoms with van der Waals surface area (Å²) in [6.07, 6.45) is 1.84. The summed E-state index contributed by atoms with van der Waals surface area (Å²) >= 11 is 0. The highest BCUT2D eigenvalue weighted by molar-refractivity contribution is 5.64. The van der Waals surface area contributed by atoms with Crippen molar-refractivity contribution in [2.75, 3.05) is 13.2 Å². The lowest BCUT2D eigenvalue weighted by Crippen LogP contribution is -2.32. The van der Waals surface area contributed by atoms with Crippen molar-refractivity contribution in [3.63, 3.8) is 0 Å². The van der Waals surface area contributed by atoms with Crippen molar-refractivity contribution in [2.24, 2.45) is 5.92 Å². The van der Waals surface area contributed by atoms with Crippen LogP contribution in [-0.4, -0.2) is 19.5 Å². The monoisotopic (exact) mass is 368 g/mol. The molecule has 140 valence electrons. The van der Waals surface area contributed by atoms with E-state index >= 15 is 0 Å². The van der Waals surface area contributed by atoms with Crippen molar-refractivity contribution in [2.45, 2.75) is 32.5 Å². The Kier molecular flexibility index (Phi) is 5.94. The number of benzene rings is 2. The SMILES string of the molecule is CCC1COC(CCc2ccc(-c3cc(F)c(F)c(F)c3)c(F)c2)OC1. The molecule has 0 amide bonds. The van der Waals surface area contributed by atoms with Gasteiger partial charge in [-0.3, -0.25) is 0 Å². The first kappa shape index (κ1) is 18.9. The summed E-state index contributed by atoms with van der Waals surface area (Å²) in [6, 6.07) is 5.99. The Morgan fingerprint density at radius 3 is 2.15 bits per heavy atom. The van der Waals surface area contributed by atoms with Gasteiger partial charge in [-0.05, 0) is 42.2 Å². The maximum absolute atomic E-state index is 14.4. The highest BCUT2D eigenvalue weighted by atomic mass is 19.2. The van der Waals surface area contributed by atoms with Crippen molar-refractivity contribution in [1.29, 1.82) is 0 Å². The van der Waals surface area contributed by atoms with E-state index < -0.39 is 23.3 Å². The Labute approximate surface area is 149 Å². The van der Waals surface area contributed by atoms with Gasteiger partial charge < -0.3 is 9.47 Å². The molecule has 0 atom stereocenters. The van der Waals surface area contributed by atoms with Crippen molar-refractivity contribution in [3.8, 4) is 11.1 Å². The van der Waals surface area contributed by atoms with Gasteiger partial charge in [0.2, 0.25) is 0 Å². The van der Waals surface area contributed by atoms with E-state index in [4.69, 9.17) is 9.47 Å². The largest absolute Gasteiger partial charge is 0.352 e. The summed E-state index contributed by atoms with van der Waals surface area (Å²) in [6.45, 7) is 3.41. The van der Waals surface area contributed by atoms with Gasteiger partial charge in [0, 0.05) is 17.9 Å². The first-order chi connectivity index (χ1) is 12.5. The van der Waals surface area contributed by atoms with Crippen LogP contribution in [0.2, 0.25) is 0 Å². The molecule has 6 heteroatoms. The van der Waals surface area contributed by atoms with E-state index in [0.29, 0.717) is 32.0 Å². The maximum Gasteiger partial charge on any atom is 0.194 e. The molecule has 0 unspecified atom stereocenters. The second-order valence-corrected chi connectivity index (χ2v) is 6.48. The summed E-state index contributed by atoms with van der Waals surface area (Å²) < 4.78 is 65.4. The Bertz CT molecular complexity index is 747. The van der Waals surface area contributed by atoms with Gasteiger partial charge >= 0.3 is 0 Å². The van der Waals surface area contributed by atoms with Crippen LogP contribution >= 0.6 is 0 Å². The smallest absolute Gasteiger partial charge is 0.194 e. The normalized spacial score (nSPS) is 20.3. The fourth-order valence-electron chi connectivity index (χ4n) is 2.93. The number of hydrogen-bond acceptors (Lipinski definition) is 2. The zero-order valence-corrected chi connectivity index (χ0v) is 14.4. The molecular weight excluding hydrogens is 348 g/mol. The number of rotatable bonds is 5. The molecule has 0 aliphatic carbocycles. The van der Waals surface area contributed by atoms with Crippen LogP contribution in [0.5, 0.6) is 0 Å². The van der Waals surface area contributed by atoms with Gasteiger partial charge in [-0.1, -0.05) is 19.1 Å². The lowest BCUT2D eigenvalue weighted by molar-refractivity contribution is -0.202. The highest BCUT2D eigenvalue weighted by Crippen LogP contribution is 2.27. The average Bonchev–Trinajstić information content (AvgIpc) is 2.64. The van der Waals surface area contributed by atoms with Crippen LogP contribution < -0.4 is 0 Å². The van der Waals surface area contributed by atoms with Crippen LogP contribution in [0.3, 0.4) is 0 Å². The number of halogens is 4. The molecule has 1 saturated heterocycles. The summed E-state index contributed by atoms with van der Waals surface area (Å²) in [5.74, 6) is -4.46. The van der Waals surface area contributed by atoms with Crippen LogP contribution in [0.15, 0.2) is 30.3 Å². The van der Waals surface area contributed by atoms with Crippen LogP contribution in [0.1, 0.15) is 25.3 Å². The molecule has 2 nitrogen and oxygen atoms in total. The Hall–Kier alpha value is -1.92. The molecule has 3 rings (SSSR count). The topological polar surface area (TPSA) is 18.5 Å². The Balaban J connectivity index is 1.66. The zero-order chi connectivity index (χ0) is 18.7. The van der Waals surface area contributed by atoms with Gasteiger partial charge in [0.05, 0.1) is 13.2 Å². The first-order valence-corrected chi connectivity index (χ1v) is 8.64. The fraction of sp³-hybridized carbons (Fsp3) is 0.400. The maximum atomic E-state index is 14.4. The third-order valence-corrected chi connectivity index (χ3v) is 4.61. The molecule has 1 aliphatic heterocycles. The van der Waals surface area contributed by atoms with Crippen LogP contribution in [0.25, 0.3) is 11.1 Å². The minimum Gasteiger partial charge on any atom is -0.352 e. The Morgan fingerprint density at radius 1 is 0.923 bits per heavy atom. The van der Waals surface area contributed by atoms with Crippen molar-refractivity contribution < 1.29 is 27.0 Å². The number of aryl methyl sites for hydroxylation is 1. The van der Waals surface area contributed by atoms with E-state index in [1.54, 1.807) is 6.07 Å². The molecular formula is C20H20F4O2. The van der Waals surface area contributed by atoms with E-state index in [1.807, 2.05) is 0 Å². The van der Waals surface area contributed by atoms with Crippen LogP contribution in [-0.2, 0) is 15.9 Å². The highest BCUT2D eigenvalue weighted by Gasteiger charge is 2.21. The molecule has 0 bridgehead atoms. The third kappa shape index (κ3) is 4.24. The predicted octanol–water partition coefficient (Wildman–Crippen LogP) is 5.24. The third-order valence-electron chi connectivity index (χ3n) is 4.61. The number of hydrogen-bond donors (Lipinski definition) is 0. The summed E-state index contributed by atoms with van der Waals surface area (Å²) in [5.41, 5.74) is 0.691. The van der Waals surface area contributed by atoms with E-state index in [2.05, 4.69) is 6.92 Å². The molecule has 0 saturated carbocycles. The molecule has 1 heterocycles. The summed E-state index contributed by atoms with van der Waals surface area (Å²) in [4.78, 5) is 0. The molecule has 0 N–H and O–H groups in total. The summed E-state index contributed by atoms with van der Waals surface area (Å²) in [7, 11) is 0. The second kappa shape index (κ2) is 8.18. The second-order valence-electron chi connectivity index (χ2n) is 6.48. The lowest BCUT2D eigenvalue weighted by Gasteiger charge is -2.28. The fourth-order valence-corrected chi connectivity index (χ4v) is 2.93. The molecule has 0 aromatic heterocycles. The van der Waals surface area contributed by atoms with Crippen LogP contribution in [0.4, 0.5) is 17.6 Å². The lowest BCUT2D eigenvalue weighted by atomic mass is 10.0. The van der Waals surface area contributed by atoms with E-state index in [1.165, 1.54) is 12.1 Å². The molecule has 2 aromatic rings. The van der Waals surface area contributed by atoms with E-state index in [-0.39, 0.29) is 17.4 Å². The molecule has 2 aromatic carbocycles. The van der Waals surface area contributed by atoms with Gasteiger partial charge in [-0.15, -0.1) is 0 Å². The average molecular weight is 368 g/mol. The van der Waals surface area contributed by atoms with Gasteiger partial charge in [0.25, 0.3) is 0 Å².